The van der Waals surface area contributed by atoms with Crippen LogP contribution in [0.2, 0.25) is 0 Å². The van der Waals surface area contributed by atoms with E-state index in [2.05, 4.69) is 21.3 Å². The number of amides is 2. The van der Waals surface area contributed by atoms with Crippen molar-refractivity contribution in [3.63, 3.8) is 0 Å². The van der Waals surface area contributed by atoms with Crippen LogP contribution >= 0.6 is 0 Å². The molecule has 0 spiro atoms. The van der Waals surface area contributed by atoms with Crippen LogP contribution in [-0.2, 0) is 14.3 Å². The number of hydrogen-bond donors (Lipinski definition) is 2. The van der Waals surface area contributed by atoms with Gasteiger partial charge < -0.3 is 19.9 Å². The average Bonchev–Trinajstić information content (AvgIpc) is 3.48. The highest BCUT2D eigenvalue weighted by molar-refractivity contribution is 5.97. The number of anilines is 2. The molecule has 0 aliphatic heterocycles. The molecular weight excluding hydrogens is 420 g/mol. The van der Waals surface area contributed by atoms with Crippen LogP contribution < -0.4 is 10.6 Å². The smallest absolute Gasteiger partial charge is 0.338 e. The number of nitrogens with one attached hydrogen (secondary N) is 2. The van der Waals surface area contributed by atoms with Crippen LogP contribution in [0.5, 0.6) is 0 Å². The first-order valence-electron chi connectivity index (χ1n) is 11.4. The Bertz CT molecular complexity index is 1120. The Morgan fingerprint density at radius 1 is 1.06 bits per heavy atom. The molecule has 2 aliphatic carbocycles. The zero-order chi connectivity index (χ0) is 23.5. The second-order valence-corrected chi connectivity index (χ2v) is 8.82. The molecule has 0 atom stereocenters. The van der Waals surface area contributed by atoms with Crippen molar-refractivity contribution in [3.05, 3.63) is 46.6 Å². The van der Waals surface area contributed by atoms with Crippen LogP contribution in [0.4, 0.5) is 11.5 Å². The van der Waals surface area contributed by atoms with Crippen molar-refractivity contribution in [2.45, 2.75) is 58.4 Å². The van der Waals surface area contributed by atoms with E-state index < -0.39 is 18.5 Å². The summed E-state index contributed by atoms with van der Waals surface area (Å²) in [5.41, 5.74) is 3.17. The van der Waals surface area contributed by atoms with Crippen molar-refractivity contribution in [1.82, 2.24) is 4.57 Å². The summed E-state index contributed by atoms with van der Waals surface area (Å²) in [6.45, 7) is 3.38. The Hall–Kier alpha value is -3.60. The highest BCUT2D eigenvalue weighted by atomic mass is 16.5. The maximum Gasteiger partial charge on any atom is 0.338 e. The predicted octanol–water partition coefficient (Wildman–Crippen LogP) is 4.24. The summed E-state index contributed by atoms with van der Waals surface area (Å²) in [5.74, 6) is -0.561. The van der Waals surface area contributed by atoms with Gasteiger partial charge in [0, 0.05) is 23.3 Å². The Morgan fingerprint density at radius 2 is 1.73 bits per heavy atom. The molecule has 0 unspecified atom stereocenters. The number of aromatic nitrogens is 1. The number of rotatable bonds is 7. The molecule has 8 nitrogen and oxygen atoms in total. The molecule has 2 aliphatic rings. The third-order valence-electron chi connectivity index (χ3n) is 6.49. The Labute approximate surface area is 192 Å². The predicted molar refractivity (Wildman–Crippen MR) is 123 cm³/mol. The summed E-state index contributed by atoms with van der Waals surface area (Å²) in [5, 5.41) is 15.3. The van der Waals surface area contributed by atoms with Crippen LogP contribution in [0, 0.1) is 31.1 Å². The lowest BCUT2D eigenvalue weighted by atomic mass is 10.2. The molecule has 4 rings (SSSR count). The molecule has 2 saturated carbocycles. The minimum atomic E-state index is -0.635. The Balaban J connectivity index is 1.37. The number of ether oxygens (including phenoxy) is 1. The van der Waals surface area contributed by atoms with Crippen molar-refractivity contribution < 1.29 is 19.1 Å². The van der Waals surface area contributed by atoms with E-state index in [1.54, 1.807) is 24.3 Å². The number of nitrogens with zero attached hydrogens (tertiary/aromatic N) is 2. The molecule has 172 valence electrons. The third-order valence-corrected chi connectivity index (χ3v) is 6.49. The summed E-state index contributed by atoms with van der Waals surface area (Å²) in [7, 11) is 0. The van der Waals surface area contributed by atoms with Crippen LogP contribution in [0.25, 0.3) is 0 Å². The summed E-state index contributed by atoms with van der Waals surface area (Å²) in [6.07, 6.45) is 6.09. The number of nitriles is 1. The maximum atomic E-state index is 12.6. The quantitative estimate of drug-likeness (QED) is 0.615. The van der Waals surface area contributed by atoms with Gasteiger partial charge >= 0.3 is 5.97 Å². The van der Waals surface area contributed by atoms with Crippen molar-refractivity contribution in [2.75, 3.05) is 17.2 Å². The van der Waals surface area contributed by atoms with Crippen LogP contribution in [0.1, 0.15) is 71.7 Å². The molecule has 2 amide bonds. The molecule has 1 aromatic carbocycles. The van der Waals surface area contributed by atoms with E-state index >= 15 is 0 Å². The van der Waals surface area contributed by atoms with Gasteiger partial charge in [0.2, 0.25) is 5.91 Å². The first-order valence-corrected chi connectivity index (χ1v) is 11.4. The lowest BCUT2D eigenvalue weighted by Crippen LogP contribution is -2.24. The molecule has 2 aromatic rings. The molecule has 33 heavy (non-hydrogen) atoms. The molecule has 2 fully saturated rings. The number of carbonyl (C=O) groups excluding carboxylic acids is 3. The monoisotopic (exact) mass is 448 g/mol. The zero-order valence-corrected chi connectivity index (χ0v) is 18.9. The van der Waals surface area contributed by atoms with Gasteiger partial charge in [-0.3, -0.25) is 9.59 Å². The maximum absolute atomic E-state index is 12.6. The zero-order valence-electron chi connectivity index (χ0n) is 18.9. The second kappa shape index (κ2) is 9.49. The van der Waals surface area contributed by atoms with Gasteiger partial charge in [0.05, 0.1) is 11.1 Å². The Morgan fingerprint density at radius 3 is 2.33 bits per heavy atom. The van der Waals surface area contributed by atoms with Crippen molar-refractivity contribution in [3.8, 4) is 6.07 Å². The van der Waals surface area contributed by atoms with Crippen LogP contribution in [0.15, 0.2) is 24.3 Å². The van der Waals surface area contributed by atoms with Gasteiger partial charge in [-0.25, -0.2) is 4.79 Å². The fourth-order valence-electron chi connectivity index (χ4n) is 4.37. The lowest BCUT2D eigenvalue weighted by Gasteiger charge is -2.19. The normalized spacial score (nSPS) is 15.7. The summed E-state index contributed by atoms with van der Waals surface area (Å²) >= 11 is 0. The van der Waals surface area contributed by atoms with Crippen molar-refractivity contribution in [1.29, 1.82) is 5.26 Å². The van der Waals surface area contributed by atoms with Crippen LogP contribution in [-0.4, -0.2) is 29.0 Å². The summed E-state index contributed by atoms with van der Waals surface area (Å²) in [4.78, 5) is 36.8. The third kappa shape index (κ3) is 4.92. The number of hydrogen-bond acceptors (Lipinski definition) is 5. The molecule has 1 aromatic heterocycles. The highest BCUT2D eigenvalue weighted by Crippen LogP contribution is 2.37. The van der Waals surface area contributed by atoms with Gasteiger partial charge in [-0.05, 0) is 69.4 Å². The number of benzene rings is 1. The number of esters is 1. The average molecular weight is 449 g/mol. The van der Waals surface area contributed by atoms with Crippen molar-refractivity contribution in [2.24, 2.45) is 5.92 Å². The molecule has 0 bridgehead atoms. The SMILES string of the molecule is Cc1c(C#N)c(NC(=O)COC(=O)c2ccc(NC(=O)C3CC3)cc2)n(C2CCCC2)c1C. The fourth-order valence-corrected chi connectivity index (χ4v) is 4.37. The van der Waals surface area contributed by atoms with E-state index in [4.69, 9.17) is 4.74 Å². The minimum Gasteiger partial charge on any atom is -0.452 e. The lowest BCUT2D eigenvalue weighted by molar-refractivity contribution is -0.119. The molecule has 8 heteroatoms. The minimum absolute atomic E-state index is 0.00781. The first-order chi connectivity index (χ1) is 15.9. The molecule has 2 N–H and O–H groups in total. The largest absolute Gasteiger partial charge is 0.452 e. The molecule has 1 heterocycles. The second-order valence-electron chi connectivity index (χ2n) is 8.82. The summed E-state index contributed by atoms with van der Waals surface area (Å²) < 4.78 is 7.23. The first kappa shape index (κ1) is 22.6. The Kier molecular flexibility index (Phi) is 6.50. The van der Waals surface area contributed by atoms with Gasteiger partial charge in [0.1, 0.15) is 11.9 Å². The topological polar surface area (TPSA) is 113 Å². The van der Waals surface area contributed by atoms with Gasteiger partial charge in [-0.2, -0.15) is 5.26 Å². The standard InChI is InChI=1S/C25H28N4O4/c1-15-16(2)29(20-5-3-4-6-20)23(21(15)13-26)28-22(30)14-33-25(32)18-9-11-19(12-10-18)27-24(31)17-7-8-17/h9-12,17,20H,3-8,14H2,1-2H3,(H,27,31)(H,28,30). The van der Waals surface area contributed by atoms with Crippen molar-refractivity contribution >= 4 is 29.3 Å². The van der Waals surface area contributed by atoms with Gasteiger partial charge in [0.15, 0.2) is 6.61 Å². The van der Waals surface area contributed by atoms with E-state index in [-0.39, 0.29) is 23.4 Å². The summed E-state index contributed by atoms with van der Waals surface area (Å²) in [6, 6.07) is 8.82. The van der Waals surface area contributed by atoms with E-state index in [1.807, 2.05) is 13.8 Å². The molecular formula is C25H28N4O4. The van der Waals surface area contributed by atoms with Gasteiger partial charge in [0.25, 0.3) is 5.91 Å². The molecule has 0 saturated heterocycles. The van der Waals surface area contributed by atoms with E-state index in [9.17, 15) is 19.6 Å². The van der Waals surface area contributed by atoms with Gasteiger partial charge in [-0.1, -0.05) is 12.8 Å². The highest BCUT2D eigenvalue weighted by Gasteiger charge is 2.29. The van der Waals surface area contributed by atoms with E-state index in [1.165, 1.54) is 0 Å². The van der Waals surface area contributed by atoms with E-state index in [0.717, 1.165) is 49.8 Å². The van der Waals surface area contributed by atoms with Crippen LogP contribution in [0.3, 0.4) is 0 Å². The number of carbonyl (C=O) groups is 3. The van der Waals surface area contributed by atoms with E-state index in [0.29, 0.717) is 17.1 Å². The van der Waals surface area contributed by atoms with Gasteiger partial charge in [-0.15, -0.1) is 0 Å². The fraction of sp³-hybridized carbons (Fsp3) is 0.440. The molecule has 0 radical (unpaired) electrons.